The molecule has 0 aromatic rings. The van der Waals surface area contributed by atoms with Crippen LogP contribution in [0.25, 0.3) is 0 Å². The molecule has 1 saturated carbocycles. The molecule has 2 atom stereocenters. The molecule has 1 N–H and O–H groups in total. The third-order valence-corrected chi connectivity index (χ3v) is 3.74. The van der Waals surface area contributed by atoms with Gasteiger partial charge >= 0.3 is 0 Å². The zero-order chi connectivity index (χ0) is 13.6. The minimum atomic E-state index is -0.299. The quantitative estimate of drug-likeness (QED) is 0.751. The number of ether oxygens (including phenoxy) is 1. The molecule has 0 amide bonds. The van der Waals surface area contributed by atoms with Gasteiger partial charge in [-0.1, -0.05) is 6.92 Å². The molecular weight excluding hydrogens is 226 g/mol. The van der Waals surface area contributed by atoms with Crippen LogP contribution in [0.5, 0.6) is 0 Å². The van der Waals surface area contributed by atoms with E-state index in [1.807, 2.05) is 0 Å². The van der Waals surface area contributed by atoms with Crippen LogP contribution in [0.1, 0.15) is 40.0 Å². The van der Waals surface area contributed by atoms with Crippen molar-refractivity contribution in [2.24, 2.45) is 0 Å². The van der Waals surface area contributed by atoms with Crippen molar-refractivity contribution in [1.82, 2.24) is 10.2 Å². The van der Waals surface area contributed by atoms with E-state index in [4.69, 9.17) is 4.74 Å². The van der Waals surface area contributed by atoms with E-state index in [2.05, 4.69) is 44.1 Å². The Morgan fingerprint density at radius 2 is 2.28 bits per heavy atom. The van der Waals surface area contributed by atoms with Gasteiger partial charge in [0.2, 0.25) is 0 Å². The molecule has 1 rings (SSSR count). The third kappa shape index (κ3) is 4.24. The number of nitrogens with zero attached hydrogens (tertiary/aromatic N) is 2. The summed E-state index contributed by atoms with van der Waals surface area (Å²) in [6.07, 6.45) is 3.27. The predicted octanol–water partition coefficient (Wildman–Crippen LogP) is 1.77. The Balaban J connectivity index is 2.38. The number of hydrogen-bond acceptors (Lipinski definition) is 4. The molecule has 1 aliphatic carbocycles. The highest BCUT2D eigenvalue weighted by Gasteiger charge is 2.40. The Morgan fingerprint density at radius 3 is 2.83 bits per heavy atom. The Bertz CT molecular complexity index is 287. The molecule has 1 fully saturated rings. The standard InChI is InChI=1S/C14H27N3O/c1-5-16-14(11-15)7-6-13(10-14)17(4)8-9-18-12(2)3/h12-13,16H,5-10H2,1-4H3. The van der Waals surface area contributed by atoms with Crippen LogP contribution in [-0.2, 0) is 4.74 Å². The van der Waals surface area contributed by atoms with Crippen molar-refractivity contribution in [3.63, 3.8) is 0 Å². The van der Waals surface area contributed by atoms with Gasteiger partial charge in [0.05, 0.1) is 18.8 Å². The molecule has 0 spiro atoms. The van der Waals surface area contributed by atoms with Crippen molar-refractivity contribution in [2.45, 2.75) is 57.7 Å². The Labute approximate surface area is 111 Å². The summed E-state index contributed by atoms with van der Waals surface area (Å²) >= 11 is 0. The van der Waals surface area contributed by atoms with Crippen molar-refractivity contribution in [3.05, 3.63) is 0 Å². The highest BCUT2D eigenvalue weighted by atomic mass is 16.5. The lowest BCUT2D eigenvalue weighted by atomic mass is 9.99. The average Bonchev–Trinajstić information content (AvgIpc) is 2.74. The lowest BCUT2D eigenvalue weighted by Gasteiger charge is -2.27. The lowest BCUT2D eigenvalue weighted by molar-refractivity contribution is 0.0558. The molecular formula is C14H27N3O. The van der Waals surface area contributed by atoms with E-state index in [1.165, 1.54) is 0 Å². The maximum atomic E-state index is 9.34. The van der Waals surface area contributed by atoms with Crippen LogP contribution in [0.3, 0.4) is 0 Å². The van der Waals surface area contributed by atoms with Crippen LogP contribution in [0.15, 0.2) is 0 Å². The number of nitriles is 1. The van der Waals surface area contributed by atoms with Crippen LogP contribution < -0.4 is 5.32 Å². The summed E-state index contributed by atoms with van der Waals surface area (Å²) in [5.41, 5.74) is -0.299. The van der Waals surface area contributed by atoms with Crippen molar-refractivity contribution >= 4 is 0 Å². The van der Waals surface area contributed by atoms with E-state index in [9.17, 15) is 5.26 Å². The average molecular weight is 253 g/mol. The second-order valence-corrected chi connectivity index (χ2v) is 5.52. The van der Waals surface area contributed by atoms with Crippen LogP contribution in [0.4, 0.5) is 0 Å². The fourth-order valence-corrected chi connectivity index (χ4v) is 2.65. The van der Waals surface area contributed by atoms with E-state index in [0.29, 0.717) is 12.1 Å². The van der Waals surface area contributed by atoms with E-state index >= 15 is 0 Å². The topological polar surface area (TPSA) is 48.3 Å². The van der Waals surface area contributed by atoms with Gasteiger partial charge in [0.15, 0.2) is 0 Å². The van der Waals surface area contributed by atoms with E-state index < -0.39 is 0 Å². The molecule has 0 aromatic carbocycles. The van der Waals surface area contributed by atoms with Gasteiger partial charge in [-0.25, -0.2) is 0 Å². The molecule has 104 valence electrons. The number of rotatable bonds is 7. The van der Waals surface area contributed by atoms with Gasteiger partial charge in [-0.05, 0) is 46.7 Å². The normalized spacial score (nSPS) is 27.9. The summed E-state index contributed by atoms with van der Waals surface area (Å²) in [6, 6.07) is 2.97. The van der Waals surface area contributed by atoms with Gasteiger partial charge in [-0.2, -0.15) is 5.26 Å². The molecule has 0 heterocycles. The van der Waals surface area contributed by atoms with Gasteiger partial charge in [0.25, 0.3) is 0 Å². The third-order valence-electron chi connectivity index (χ3n) is 3.74. The Morgan fingerprint density at radius 1 is 1.56 bits per heavy atom. The molecule has 0 radical (unpaired) electrons. The zero-order valence-electron chi connectivity index (χ0n) is 12.2. The minimum absolute atomic E-state index is 0.293. The van der Waals surface area contributed by atoms with Gasteiger partial charge in [0, 0.05) is 12.6 Å². The maximum Gasteiger partial charge on any atom is 0.108 e. The zero-order valence-corrected chi connectivity index (χ0v) is 12.2. The highest BCUT2D eigenvalue weighted by Crippen LogP contribution is 2.32. The van der Waals surface area contributed by atoms with Crippen molar-refractivity contribution in [3.8, 4) is 6.07 Å². The van der Waals surface area contributed by atoms with Gasteiger partial charge < -0.3 is 9.64 Å². The minimum Gasteiger partial charge on any atom is -0.377 e. The van der Waals surface area contributed by atoms with Crippen molar-refractivity contribution in [2.75, 3.05) is 26.7 Å². The summed E-state index contributed by atoms with van der Waals surface area (Å²) in [5.74, 6) is 0. The summed E-state index contributed by atoms with van der Waals surface area (Å²) in [6.45, 7) is 8.75. The van der Waals surface area contributed by atoms with E-state index in [1.54, 1.807) is 0 Å². The fraction of sp³-hybridized carbons (Fsp3) is 0.929. The first kappa shape index (κ1) is 15.4. The van der Waals surface area contributed by atoms with Crippen LogP contribution in [0, 0.1) is 11.3 Å². The Kier molecular flexibility index (Phi) is 6.07. The van der Waals surface area contributed by atoms with Crippen molar-refractivity contribution < 1.29 is 4.74 Å². The summed E-state index contributed by atoms with van der Waals surface area (Å²) < 4.78 is 5.58. The predicted molar refractivity (Wildman–Crippen MR) is 73.4 cm³/mol. The number of likely N-dealkylation sites (N-methyl/N-ethyl adjacent to an activating group) is 1. The molecule has 2 unspecified atom stereocenters. The summed E-state index contributed by atoms with van der Waals surface area (Å²) in [7, 11) is 2.13. The SMILES string of the molecule is CCNC1(C#N)CCC(N(C)CCOC(C)C)C1. The molecule has 4 nitrogen and oxygen atoms in total. The smallest absolute Gasteiger partial charge is 0.108 e. The molecule has 0 aliphatic heterocycles. The number of hydrogen-bond donors (Lipinski definition) is 1. The van der Waals surface area contributed by atoms with Crippen LogP contribution in [0.2, 0.25) is 0 Å². The fourth-order valence-electron chi connectivity index (χ4n) is 2.65. The van der Waals surface area contributed by atoms with Gasteiger partial charge in [-0.3, -0.25) is 5.32 Å². The first-order valence-corrected chi connectivity index (χ1v) is 7.01. The van der Waals surface area contributed by atoms with Crippen LogP contribution >= 0.6 is 0 Å². The highest BCUT2D eigenvalue weighted by molar-refractivity contribution is 5.13. The first-order chi connectivity index (χ1) is 8.53. The van der Waals surface area contributed by atoms with E-state index in [-0.39, 0.29) is 5.54 Å². The monoisotopic (exact) mass is 253 g/mol. The Hall–Kier alpha value is -0.630. The molecule has 0 bridgehead atoms. The first-order valence-electron chi connectivity index (χ1n) is 7.01. The number of nitrogens with one attached hydrogen (secondary N) is 1. The molecule has 0 aromatic heterocycles. The molecule has 1 aliphatic rings. The largest absolute Gasteiger partial charge is 0.377 e. The second-order valence-electron chi connectivity index (χ2n) is 5.52. The van der Waals surface area contributed by atoms with Gasteiger partial charge in [-0.15, -0.1) is 0 Å². The lowest BCUT2D eigenvalue weighted by Crippen LogP contribution is -2.43. The van der Waals surface area contributed by atoms with E-state index in [0.717, 1.165) is 39.0 Å². The second kappa shape index (κ2) is 7.08. The maximum absolute atomic E-state index is 9.34. The molecule has 18 heavy (non-hydrogen) atoms. The molecule has 0 saturated heterocycles. The summed E-state index contributed by atoms with van der Waals surface area (Å²) in [5, 5.41) is 12.7. The van der Waals surface area contributed by atoms with Crippen molar-refractivity contribution in [1.29, 1.82) is 5.26 Å². The molecule has 4 heteroatoms. The summed E-state index contributed by atoms with van der Waals surface area (Å²) in [4.78, 5) is 2.33. The van der Waals surface area contributed by atoms with Gasteiger partial charge in [0.1, 0.15) is 5.54 Å². The van der Waals surface area contributed by atoms with Crippen LogP contribution in [-0.4, -0.2) is 49.3 Å².